The molecule has 1 aliphatic heterocycles. The lowest BCUT2D eigenvalue weighted by atomic mass is 10.2. The molecule has 1 saturated heterocycles. The second kappa shape index (κ2) is 5.22. The lowest BCUT2D eigenvalue weighted by molar-refractivity contribution is -0.117. The van der Waals surface area contributed by atoms with E-state index in [9.17, 15) is 4.79 Å². The van der Waals surface area contributed by atoms with E-state index in [1.165, 1.54) is 11.8 Å². The molecule has 0 spiro atoms. The van der Waals surface area contributed by atoms with Gasteiger partial charge in [-0.1, -0.05) is 12.2 Å². The number of primary amides is 1. The summed E-state index contributed by atoms with van der Waals surface area (Å²) in [7, 11) is 0. The SMILES string of the molecule is C=CCC1CS[C](C(N)=O)N1CC=C. The zero-order valence-electron chi connectivity index (χ0n) is 8.11. The van der Waals surface area contributed by atoms with Crippen LogP contribution in [0, 0.1) is 5.37 Å². The largest absolute Gasteiger partial charge is 0.367 e. The molecule has 1 amide bonds. The van der Waals surface area contributed by atoms with Gasteiger partial charge in [-0.05, 0) is 6.42 Å². The number of thioether (sulfide) groups is 1. The number of rotatable bonds is 5. The third-order valence-electron chi connectivity index (χ3n) is 2.09. The molecule has 0 saturated carbocycles. The smallest absolute Gasteiger partial charge is 0.251 e. The zero-order chi connectivity index (χ0) is 10.6. The van der Waals surface area contributed by atoms with Gasteiger partial charge in [-0.3, -0.25) is 9.69 Å². The first kappa shape index (κ1) is 11.3. The summed E-state index contributed by atoms with van der Waals surface area (Å²) in [4.78, 5) is 13.1. The lowest BCUT2D eigenvalue weighted by Gasteiger charge is -2.24. The predicted octanol–water partition coefficient (Wildman–Crippen LogP) is 1.14. The summed E-state index contributed by atoms with van der Waals surface area (Å²) in [5.41, 5.74) is 5.28. The molecule has 14 heavy (non-hydrogen) atoms. The fraction of sp³-hybridized carbons (Fsp3) is 0.400. The summed E-state index contributed by atoms with van der Waals surface area (Å²) in [6, 6.07) is 0.331. The van der Waals surface area contributed by atoms with Crippen molar-refractivity contribution in [3.8, 4) is 0 Å². The number of hydrogen-bond acceptors (Lipinski definition) is 3. The van der Waals surface area contributed by atoms with Gasteiger partial charge in [0.05, 0.1) is 0 Å². The average Bonchev–Trinajstić information content (AvgIpc) is 2.50. The lowest BCUT2D eigenvalue weighted by Crippen LogP contribution is -2.37. The van der Waals surface area contributed by atoms with E-state index in [4.69, 9.17) is 5.73 Å². The van der Waals surface area contributed by atoms with Crippen LogP contribution in [0.1, 0.15) is 6.42 Å². The minimum Gasteiger partial charge on any atom is -0.367 e. The highest BCUT2D eigenvalue weighted by Crippen LogP contribution is 2.36. The Balaban J connectivity index is 2.67. The molecule has 0 aromatic heterocycles. The molecule has 0 aromatic rings. The Kier molecular flexibility index (Phi) is 4.22. The highest BCUT2D eigenvalue weighted by Gasteiger charge is 2.36. The number of hydrogen-bond donors (Lipinski definition) is 1. The molecule has 1 aliphatic rings. The fourth-order valence-corrected chi connectivity index (χ4v) is 2.68. The summed E-state index contributed by atoms with van der Waals surface area (Å²) in [6.45, 7) is 8.04. The van der Waals surface area contributed by atoms with Crippen molar-refractivity contribution >= 4 is 17.7 Å². The molecule has 1 heterocycles. The van der Waals surface area contributed by atoms with Crippen LogP contribution in [0.25, 0.3) is 0 Å². The van der Waals surface area contributed by atoms with Crippen LogP contribution in [0.4, 0.5) is 0 Å². The summed E-state index contributed by atoms with van der Waals surface area (Å²) in [6.07, 6.45) is 4.52. The van der Waals surface area contributed by atoms with Gasteiger partial charge in [-0.2, -0.15) is 0 Å². The molecule has 1 unspecified atom stereocenters. The van der Waals surface area contributed by atoms with Gasteiger partial charge < -0.3 is 5.73 Å². The normalized spacial score (nSPS) is 23.6. The van der Waals surface area contributed by atoms with Crippen LogP contribution in [0.15, 0.2) is 25.3 Å². The number of carbonyl (C=O) groups excluding carboxylic acids is 1. The topological polar surface area (TPSA) is 46.3 Å². The number of nitrogens with zero attached hydrogens (tertiary/aromatic N) is 1. The van der Waals surface area contributed by atoms with Crippen molar-refractivity contribution in [3.63, 3.8) is 0 Å². The Morgan fingerprint density at radius 3 is 2.86 bits per heavy atom. The van der Waals surface area contributed by atoms with Gasteiger partial charge in [-0.15, -0.1) is 24.9 Å². The fourth-order valence-electron chi connectivity index (χ4n) is 1.49. The average molecular weight is 211 g/mol. The second-order valence-corrected chi connectivity index (χ2v) is 4.11. The van der Waals surface area contributed by atoms with Gasteiger partial charge in [0.15, 0.2) is 5.37 Å². The summed E-state index contributed by atoms with van der Waals surface area (Å²) in [5.74, 6) is 0.557. The zero-order valence-corrected chi connectivity index (χ0v) is 8.93. The maximum atomic E-state index is 11.1. The minimum atomic E-state index is -0.344. The third-order valence-corrected chi connectivity index (χ3v) is 3.35. The Morgan fingerprint density at radius 1 is 1.64 bits per heavy atom. The van der Waals surface area contributed by atoms with E-state index >= 15 is 0 Å². The number of carbonyl (C=O) groups is 1. The van der Waals surface area contributed by atoms with Crippen molar-refractivity contribution in [1.29, 1.82) is 0 Å². The number of amides is 1. The molecule has 1 rings (SSSR count). The van der Waals surface area contributed by atoms with Gasteiger partial charge in [0.2, 0.25) is 0 Å². The van der Waals surface area contributed by atoms with E-state index < -0.39 is 0 Å². The van der Waals surface area contributed by atoms with Crippen molar-refractivity contribution in [1.82, 2.24) is 4.90 Å². The Morgan fingerprint density at radius 2 is 2.36 bits per heavy atom. The first-order valence-corrected chi connectivity index (χ1v) is 5.47. The quantitative estimate of drug-likeness (QED) is 0.694. The van der Waals surface area contributed by atoms with E-state index in [1.54, 1.807) is 6.08 Å². The van der Waals surface area contributed by atoms with Crippen LogP contribution >= 0.6 is 11.8 Å². The van der Waals surface area contributed by atoms with E-state index in [-0.39, 0.29) is 5.91 Å². The Labute approximate surface area is 89.0 Å². The van der Waals surface area contributed by atoms with Crippen molar-refractivity contribution in [2.24, 2.45) is 5.73 Å². The van der Waals surface area contributed by atoms with Crippen LogP contribution < -0.4 is 5.73 Å². The molecule has 1 radical (unpaired) electrons. The maximum Gasteiger partial charge on any atom is 0.251 e. The monoisotopic (exact) mass is 211 g/mol. The maximum absolute atomic E-state index is 11.1. The Hall–Kier alpha value is -0.740. The van der Waals surface area contributed by atoms with E-state index in [0.29, 0.717) is 18.0 Å². The molecule has 2 N–H and O–H groups in total. The molecule has 1 atom stereocenters. The van der Waals surface area contributed by atoms with Crippen LogP contribution in [-0.2, 0) is 4.79 Å². The van der Waals surface area contributed by atoms with Crippen LogP contribution in [0.2, 0.25) is 0 Å². The molecule has 77 valence electrons. The number of nitrogens with two attached hydrogens (primary N) is 1. The van der Waals surface area contributed by atoms with E-state index in [2.05, 4.69) is 13.2 Å². The molecular formula is C10H15N2OS. The van der Waals surface area contributed by atoms with Crippen molar-refractivity contribution in [2.45, 2.75) is 12.5 Å². The van der Waals surface area contributed by atoms with Gasteiger partial charge in [0, 0.05) is 18.3 Å². The van der Waals surface area contributed by atoms with Gasteiger partial charge in [-0.25, -0.2) is 0 Å². The molecule has 0 aromatic carbocycles. The minimum absolute atomic E-state index is 0.331. The van der Waals surface area contributed by atoms with Crippen molar-refractivity contribution in [2.75, 3.05) is 12.3 Å². The molecular weight excluding hydrogens is 196 g/mol. The molecule has 0 bridgehead atoms. The van der Waals surface area contributed by atoms with Crippen LogP contribution in [0.3, 0.4) is 0 Å². The van der Waals surface area contributed by atoms with E-state index in [1.807, 2.05) is 11.0 Å². The summed E-state index contributed by atoms with van der Waals surface area (Å²) in [5, 5.41) is 0.650. The van der Waals surface area contributed by atoms with E-state index in [0.717, 1.165) is 12.2 Å². The standard InChI is InChI=1S/C10H15N2OS/c1-3-5-8-7-14-10(9(11)13)12(8)6-4-2/h3-4,8H,1-2,5-7H2,(H2,11,13). The molecule has 0 aliphatic carbocycles. The highest BCUT2D eigenvalue weighted by molar-refractivity contribution is 8.03. The first-order chi connectivity index (χ1) is 6.70. The molecule has 4 heteroatoms. The van der Waals surface area contributed by atoms with Gasteiger partial charge >= 0.3 is 0 Å². The van der Waals surface area contributed by atoms with Crippen molar-refractivity contribution in [3.05, 3.63) is 30.7 Å². The first-order valence-electron chi connectivity index (χ1n) is 4.48. The third kappa shape index (κ3) is 2.39. The molecule has 3 nitrogen and oxygen atoms in total. The van der Waals surface area contributed by atoms with Crippen LogP contribution in [0.5, 0.6) is 0 Å². The summed E-state index contributed by atoms with van der Waals surface area (Å²) >= 11 is 1.52. The van der Waals surface area contributed by atoms with Crippen LogP contribution in [-0.4, -0.2) is 29.1 Å². The van der Waals surface area contributed by atoms with Gasteiger partial charge in [0.1, 0.15) is 0 Å². The predicted molar refractivity (Wildman–Crippen MR) is 60.4 cm³/mol. The van der Waals surface area contributed by atoms with Crippen molar-refractivity contribution < 1.29 is 4.79 Å². The highest BCUT2D eigenvalue weighted by atomic mass is 32.2. The van der Waals surface area contributed by atoms with Gasteiger partial charge in [0.25, 0.3) is 5.91 Å². The second-order valence-electron chi connectivity index (χ2n) is 3.10. The molecule has 1 fully saturated rings. The Bertz CT molecular complexity index is 242. The summed E-state index contributed by atoms with van der Waals surface area (Å²) < 4.78 is 0.